The molecule has 3 rings (SSSR count). The highest BCUT2D eigenvalue weighted by Crippen LogP contribution is 2.22. The molecule has 2 aromatic heterocycles. The summed E-state index contributed by atoms with van der Waals surface area (Å²) >= 11 is 0. The van der Waals surface area contributed by atoms with Crippen molar-refractivity contribution in [2.45, 2.75) is 13.1 Å². The van der Waals surface area contributed by atoms with Crippen molar-refractivity contribution in [3.05, 3.63) is 94.0 Å². The standard InChI is InChI=1S/C23H22N4O2/c1-5-7-15-26-21-19(22(28)27(23(26)29)16-8-6-2)13-14-20(24-21)17-9-11-18(12-10-17)25(3)4/h7-14H,1-2,15-16H2,3-4H3. The fraction of sp³-hybridized carbons (Fsp3) is 0.174. The molecule has 1 aromatic carbocycles. The zero-order valence-corrected chi connectivity index (χ0v) is 16.6. The van der Waals surface area contributed by atoms with E-state index in [2.05, 4.69) is 29.6 Å². The second-order valence-electron chi connectivity index (χ2n) is 6.63. The van der Waals surface area contributed by atoms with Crippen LogP contribution >= 0.6 is 0 Å². The van der Waals surface area contributed by atoms with E-state index in [0.717, 1.165) is 15.8 Å². The van der Waals surface area contributed by atoms with Gasteiger partial charge in [-0.3, -0.25) is 13.9 Å². The monoisotopic (exact) mass is 386 g/mol. The predicted octanol–water partition coefficient (Wildman–Crippen LogP) is 2.97. The minimum absolute atomic E-state index is 0.0999. The number of allylic oxidation sites excluding steroid dienone is 2. The summed E-state index contributed by atoms with van der Waals surface area (Å²) in [5.74, 6) is 0. The number of hydrogen-bond acceptors (Lipinski definition) is 4. The third-order valence-electron chi connectivity index (χ3n) is 4.58. The fourth-order valence-electron chi connectivity index (χ4n) is 3.02. The normalized spacial score (nSPS) is 10.3. The van der Waals surface area contributed by atoms with Crippen LogP contribution in [0, 0.1) is 0 Å². The van der Waals surface area contributed by atoms with Gasteiger partial charge in [0.2, 0.25) is 0 Å². The summed E-state index contributed by atoms with van der Waals surface area (Å²) in [5.41, 5.74) is 7.40. The smallest absolute Gasteiger partial charge is 0.333 e. The van der Waals surface area contributed by atoms with E-state index in [9.17, 15) is 9.59 Å². The first kappa shape index (κ1) is 19.9. The van der Waals surface area contributed by atoms with Crippen molar-refractivity contribution in [3.8, 4) is 11.3 Å². The van der Waals surface area contributed by atoms with Crippen LogP contribution in [-0.2, 0) is 13.1 Å². The van der Waals surface area contributed by atoms with Crippen LogP contribution in [0.4, 0.5) is 5.69 Å². The topological polar surface area (TPSA) is 60.1 Å². The minimum Gasteiger partial charge on any atom is -0.378 e. The maximum absolute atomic E-state index is 12.9. The van der Waals surface area contributed by atoms with E-state index in [0.29, 0.717) is 16.7 Å². The molecule has 0 aliphatic heterocycles. The lowest BCUT2D eigenvalue weighted by Gasteiger charge is -2.14. The van der Waals surface area contributed by atoms with Crippen molar-refractivity contribution in [1.82, 2.24) is 14.1 Å². The third kappa shape index (κ3) is 3.90. The van der Waals surface area contributed by atoms with E-state index in [4.69, 9.17) is 0 Å². The van der Waals surface area contributed by atoms with E-state index < -0.39 is 11.2 Å². The van der Waals surface area contributed by atoms with E-state index >= 15 is 0 Å². The van der Waals surface area contributed by atoms with Crippen molar-refractivity contribution in [1.29, 1.82) is 0 Å². The molecule has 0 aliphatic carbocycles. The number of pyridine rings is 1. The van der Waals surface area contributed by atoms with Gasteiger partial charge in [-0.15, -0.1) is 11.5 Å². The summed E-state index contributed by atoms with van der Waals surface area (Å²) in [5, 5.41) is 0.369. The Bertz CT molecular complexity index is 1270. The Balaban J connectivity index is 2.25. The second-order valence-corrected chi connectivity index (χ2v) is 6.63. The zero-order valence-electron chi connectivity index (χ0n) is 16.6. The molecule has 0 N–H and O–H groups in total. The average Bonchev–Trinajstić information content (AvgIpc) is 2.73. The first-order valence-corrected chi connectivity index (χ1v) is 9.08. The van der Waals surface area contributed by atoms with Gasteiger partial charge in [0.1, 0.15) is 0 Å². The van der Waals surface area contributed by atoms with E-state index in [1.54, 1.807) is 18.2 Å². The first-order chi connectivity index (χ1) is 14.0. The lowest BCUT2D eigenvalue weighted by Crippen LogP contribution is -2.40. The summed E-state index contributed by atoms with van der Waals surface area (Å²) in [4.78, 5) is 32.4. The van der Waals surface area contributed by atoms with Gasteiger partial charge in [0, 0.05) is 25.3 Å². The van der Waals surface area contributed by atoms with Crippen LogP contribution in [0.3, 0.4) is 0 Å². The Morgan fingerprint density at radius 2 is 1.59 bits per heavy atom. The molecule has 29 heavy (non-hydrogen) atoms. The summed E-state index contributed by atoms with van der Waals surface area (Å²) in [7, 11) is 3.95. The Morgan fingerprint density at radius 1 is 0.966 bits per heavy atom. The number of aromatic nitrogens is 3. The Hall–Kier alpha value is -3.85. The molecule has 0 fully saturated rings. The molecule has 0 amide bonds. The Kier molecular flexibility index (Phi) is 5.79. The van der Waals surface area contributed by atoms with Crippen LogP contribution in [0.1, 0.15) is 0 Å². The molecule has 146 valence electrons. The number of hydrogen-bond donors (Lipinski definition) is 0. The van der Waals surface area contributed by atoms with E-state index in [1.807, 2.05) is 43.3 Å². The predicted molar refractivity (Wildman–Crippen MR) is 117 cm³/mol. The van der Waals surface area contributed by atoms with Crippen molar-refractivity contribution in [2.24, 2.45) is 0 Å². The number of nitrogens with zero attached hydrogens (tertiary/aromatic N) is 4. The maximum Gasteiger partial charge on any atom is 0.333 e. The average molecular weight is 386 g/mol. The lowest BCUT2D eigenvalue weighted by atomic mass is 10.1. The summed E-state index contributed by atoms with van der Waals surface area (Å²) in [6.07, 6.45) is 3.16. The maximum atomic E-state index is 12.9. The third-order valence-corrected chi connectivity index (χ3v) is 4.58. The van der Waals surface area contributed by atoms with Gasteiger partial charge >= 0.3 is 5.69 Å². The van der Waals surface area contributed by atoms with Gasteiger partial charge in [-0.1, -0.05) is 25.3 Å². The molecule has 2 heterocycles. The minimum atomic E-state index is -0.451. The number of rotatable bonds is 6. The first-order valence-electron chi connectivity index (χ1n) is 9.08. The molecule has 0 atom stereocenters. The highest BCUT2D eigenvalue weighted by atomic mass is 16.2. The fourth-order valence-corrected chi connectivity index (χ4v) is 3.02. The molecule has 0 saturated heterocycles. The van der Waals surface area contributed by atoms with Crippen LogP contribution < -0.4 is 16.1 Å². The zero-order chi connectivity index (χ0) is 21.0. The summed E-state index contributed by atoms with van der Waals surface area (Å²) in [6, 6.07) is 11.4. The molecule has 0 bridgehead atoms. The van der Waals surface area contributed by atoms with Crippen LogP contribution in [0.25, 0.3) is 22.3 Å². The largest absolute Gasteiger partial charge is 0.378 e. The van der Waals surface area contributed by atoms with Crippen molar-refractivity contribution >= 4 is 16.7 Å². The van der Waals surface area contributed by atoms with Crippen LogP contribution in [0.2, 0.25) is 0 Å². The highest BCUT2D eigenvalue weighted by molar-refractivity contribution is 5.78. The van der Waals surface area contributed by atoms with Crippen LogP contribution in [0.5, 0.6) is 0 Å². The molecule has 3 aromatic rings. The lowest BCUT2D eigenvalue weighted by molar-refractivity contribution is 0.645. The van der Waals surface area contributed by atoms with Gasteiger partial charge in [0.05, 0.1) is 24.2 Å². The van der Waals surface area contributed by atoms with Gasteiger partial charge in [-0.25, -0.2) is 9.78 Å². The highest BCUT2D eigenvalue weighted by Gasteiger charge is 2.14. The quantitative estimate of drug-likeness (QED) is 0.611. The van der Waals surface area contributed by atoms with Crippen molar-refractivity contribution in [3.63, 3.8) is 0 Å². The van der Waals surface area contributed by atoms with E-state index in [1.165, 1.54) is 10.6 Å². The van der Waals surface area contributed by atoms with Gasteiger partial charge in [0.15, 0.2) is 5.65 Å². The van der Waals surface area contributed by atoms with Gasteiger partial charge < -0.3 is 4.90 Å². The molecular formula is C23H22N4O2. The molecule has 0 radical (unpaired) electrons. The molecule has 0 saturated carbocycles. The molecular weight excluding hydrogens is 364 g/mol. The summed E-state index contributed by atoms with van der Waals surface area (Å²) in [6.45, 7) is 7.35. The van der Waals surface area contributed by atoms with Gasteiger partial charge in [-0.2, -0.15) is 0 Å². The van der Waals surface area contributed by atoms with Gasteiger partial charge in [-0.05, 0) is 36.4 Å². The van der Waals surface area contributed by atoms with Crippen LogP contribution in [-0.4, -0.2) is 28.2 Å². The number of anilines is 1. The molecule has 0 aliphatic rings. The number of benzene rings is 1. The SMILES string of the molecule is C=C=CCn1c(=O)c2ccc(-c3ccc(N(C)C)cc3)nc2n(CC=C=C)c1=O. The van der Waals surface area contributed by atoms with Crippen molar-refractivity contribution in [2.75, 3.05) is 19.0 Å². The summed E-state index contributed by atoms with van der Waals surface area (Å²) < 4.78 is 2.59. The molecule has 0 spiro atoms. The number of fused-ring (bicyclic) bond motifs is 1. The molecule has 6 nitrogen and oxygen atoms in total. The molecule has 6 heteroatoms. The molecule has 0 unspecified atom stereocenters. The van der Waals surface area contributed by atoms with Crippen molar-refractivity contribution < 1.29 is 0 Å². The van der Waals surface area contributed by atoms with E-state index in [-0.39, 0.29) is 13.1 Å². The Labute approximate surface area is 168 Å². The van der Waals surface area contributed by atoms with Crippen LogP contribution in [0.15, 0.2) is 82.8 Å². The Morgan fingerprint density at radius 3 is 2.17 bits per heavy atom. The second kappa shape index (κ2) is 8.44. The van der Waals surface area contributed by atoms with Gasteiger partial charge in [0.25, 0.3) is 5.56 Å².